The number of rotatable bonds is 4. The van der Waals surface area contributed by atoms with Crippen molar-refractivity contribution in [2.45, 2.75) is 6.10 Å². The maximum absolute atomic E-state index is 10.7. The van der Waals surface area contributed by atoms with Gasteiger partial charge in [0.15, 0.2) is 6.29 Å². The molecule has 2 rings (SSSR count). The minimum atomic E-state index is 0.185. The van der Waals surface area contributed by atoms with Crippen LogP contribution in [0, 0.1) is 0 Å². The van der Waals surface area contributed by atoms with E-state index in [0.29, 0.717) is 22.9 Å². The van der Waals surface area contributed by atoms with Gasteiger partial charge in [0, 0.05) is 5.02 Å². The number of benzene rings is 1. The van der Waals surface area contributed by atoms with Crippen molar-refractivity contribution in [2.24, 2.45) is 0 Å². The van der Waals surface area contributed by atoms with Crippen molar-refractivity contribution in [1.82, 2.24) is 0 Å². The van der Waals surface area contributed by atoms with Crippen LogP contribution < -0.4 is 4.74 Å². The Morgan fingerprint density at radius 1 is 1.64 bits per heavy atom. The summed E-state index contributed by atoms with van der Waals surface area (Å²) in [4.78, 5) is 10.7. The number of carbonyl (C=O) groups is 1. The third-order valence-electron chi connectivity index (χ3n) is 1.93. The van der Waals surface area contributed by atoms with Crippen molar-refractivity contribution < 1.29 is 14.3 Å². The normalized spacial score (nSPS) is 19.1. The molecule has 1 aliphatic heterocycles. The van der Waals surface area contributed by atoms with Gasteiger partial charge >= 0.3 is 0 Å². The van der Waals surface area contributed by atoms with E-state index in [1.807, 2.05) is 0 Å². The van der Waals surface area contributed by atoms with E-state index in [2.05, 4.69) is 0 Å². The molecule has 1 atom stereocenters. The molecule has 0 amide bonds. The molecule has 1 aromatic rings. The average molecular weight is 213 g/mol. The lowest BCUT2D eigenvalue weighted by Crippen LogP contribution is -2.05. The molecular formula is C10H9ClO3. The standard InChI is InChI=1S/C10H9ClO3/c11-8-1-2-10(7(3-8)4-12)14-6-9-5-13-9/h1-4,9H,5-6H2. The Labute approximate surface area is 86.6 Å². The molecule has 0 aliphatic carbocycles. The smallest absolute Gasteiger partial charge is 0.153 e. The fourth-order valence-corrected chi connectivity index (χ4v) is 1.27. The molecule has 3 nitrogen and oxygen atoms in total. The lowest BCUT2D eigenvalue weighted by molar-refractivity contribution is 0.111. The SMILES string of the molecule is O=Cc1cc(Cl)ccc1OCC1CO1. The lowest BCUT2D eigenvalue weighted by Gasteiger charge is -2.06. The molecule has 1 aliphatic rings. The van der Waals surface area contributed by atoms with Crippen LogP contribution in [-0.2, 0) is 4.74 Å². The van der Waals surface area contributed by atoms with Crippen molar-refractivity contribution in [3.63, 3.8) is 0 Å². The summed E-state index contributed by atoms with van der Waals surface area (Å²) < 4.78 is 10.4. The van der Waals surface area contributed by atoms with Crippen LogP contribution in [0.15, 0.2) is 18.2 Å². The summed E-state index contributed by atoms with van der Waals surface area (Å²) >= 11 is 5.73. The first-order chi connectivity index (χ1) is 6.79. The zero-order chi connectivity index (χ0) is 9.97. The van der Waals surface area contributed by atoms with Crippen molar-refractivity contribution >= 4 is 17.9 Å². The van der Waals surface area contributed by atoms with E-state index < -0.39 is 0 Å². The van der Waals surface area contributed by atoms with Crippen molar-refractivity contribution in [3.05, 3.63) is 28.8 Å². The minimum Gasteiger partial charge on any atom is -0.490 e. The topological polar surface area (TPSA) is 38.8 Å². The number of epoxide rings is 1. The average Bonchev–Trinajstić information content (AvgIpc) is 2.99. The Morgan fingerprint density at radius 3 is 3.07 bits per heavy atom. The van der Waals surface area contributed by atoms with Crippen LogP contribution in [0.3, 0.4) is 0 Å². The summed E-state index contributed by atoms with van der Waals surface area (Å²) in [6.45, 7) is 1.23. The minimum absolute atomic E-state index is 0.185. The highest BCUT2D eigenvalue weighted by Crippen LogP contribution is 2.22. The van der Waals surface area contributed by atoms with Crippen LogP contribution in [0.2, 0.25) is 5.02 Å². The van der Waals surface area contributed by atoms with Crippen LogP contribution in [0.25, 0.3) is 0 Å². The molecule has 14 heavy (non-hydrogen) atoms. The second-order valence-electron chi connectivity index (χ2n) is 3.07. The molecule has 0 spiro atoms. The van der Waals surface area contributed by atoms with E-state index in [0.717, 1.165) is 12.9 Å². The van der Waals surface area contributed by atoms with Gasteiger partial charge in [0.25, 0.3) is 0 Å². The molecule has 0 aromatic heterocycles. The van der Waals surface area contributed by atoms with E-state index in [9.17, 15) is 4.79 Å². The van der Waals surface area contributed by atoms with Gasteiger partial charge in [-0.05, 0) is 18.2 Å². The fraction of sp³-hybridized carbons (Fsp3) is 0.300. The van der Waals surface area contributed by atoms with Gasteiger partial charge in [0.05, 0.1) is 12.2 Å². The third-order valence-corrected chi connectivity index (χ3v) is 2.16. The zero-order valence-corrected chi connectivity index (χ0v) is 8.16. The maximum Gasteiger partial charge on any atom is 0.153 e. The highest BCUT2D eigenvalue weighted by Gasteiger charge is 2.23. The molecule has 1 aromatic carbocycles. The van der Waals surface area contributed by atoms with Crippen LogP contribution in [0.4, 0.5) is 0 Å². The van der Waals surface area contributed by atoms with Crippen molar-refractivity contribution in [2.75, 3.05) is 13.2 Å². The quantitative estimate of drug-likeness (QED) is 0.566. The summed E-state index contributed by atoms with van der Waals surface area (Å²) in [6, 6.07) is 4.96. The Hall–Kier alpha value is -1.06. The first kappa shape index (κ1) is 9.49. The maximum atomic E-state index is 10.7. The molecule has 0 bridgehead atoms. The van der Waals surface area contributed by atoms with Gasteiger partial charge in [0.2, 0.25) is 0 Å². The van der Waals surface area contributed by atoms with Crippen LogP contribution in [0.1, 0.15) is 10.4 Å². The second-order valence-corrected chi connectivity index (χ2v) is 3.50. The Balaban J connectivity index is 2.09. The Morgan fingerprint density at radius 2 is 2.43 bits per heavy atom. The number of carbonyl (C=O) groups excluding carboxylic acids is 1. The fourth-order valence-electron chi connectivity index (χ4n) is 1.09. The van der Waals surface area contributed by atoms with E-state index >= 15 is 0 Å². The highest BCUT2D eigenvalue weighted by molar-refractivity contribution is 6.30. The summed E-state index contributed by atoms with van der Waals surface area (Å²) in [5.41, 5.74) is 0.471. The molecular weight excluding hydrogens is 204 g/mol. The van der Waals surface area contributed by atoms with E-state index in [1.165, 1.54) is 0 Å². The predicted octanol–water partition coefficient (Wildman–Crippen LogP) is 1.93. The van der Waals surface area contributed by atoms with Crippen molar-refractivity contribution in [3.8, 4) is 5.75 Å². The lowest BCUT2D eigenvalue weighted by atomic mass is 10.2. The van der Waals surface area contributed by atoms with Gasteiger partial charge in [-0.15, -0.1) is 0 Å². The highest BCUT2D eigenvalue weighted by atomic mass is 35.5. The van der Waals surface area contributed by atoms with E-state index in [4.69, 9.17) is 21.1 Å². The van der Waals surface area contributed by atoms with Gasteiger partial charge in [-0.3, -0.25) is 4.79 Å². The summed E-state index contributed by atoms with van der Waals surface area (Å²) in [7, 11) is 0. The molecule has 0 N–H and O–H groups in total. The summed E-state index contributed by atoms with van der Waals surface area (Å²) in [5, 5.41) is 0.530. The molecule has 1 heterocycles. The Kier molecular flexibility index (Phi) is 2.70. The second kappa shape index (κ2) is 3.98. The van der Waals surface area contributed by atoms with E-state index in [-0.39, 0.29) is 6.10 Å². The molecule has 74 valence electrons. The third kappa shape index (κ3) is 2.25. The number of hydrogen-bond donors (Lipinski definition) is 0. The van der Waals surface area contributed by atoms with Crippen LogP contribution >= 0.6 is 11.6 Å². The van der Waals surface area contributed by atoms with Gasteiger partial charge in [0.1, 0.15) is 18.5 Å². The monoisotopic (exact) mass is 212 g/mol. The molecule has 4 heteroatoms. The first-order valence-electron chi connectivity index (χ1n) is 4.29. The molecule has 1 fully saturated rings. The molecule has 1 saturated heterocycles. The number of halogens is 1. The number of aldehydes is 1. The van der Waals surface area contributed by atoms with Gasteiger partial charge < -0.3 is 9.47 Å². The largest absolute Gasteiger partial charge is 0.490 e. The van der Waals surface area contributed by atoms with Gasteiger partial charge in [-0.25, -0.2) is 0 Å². The zero-order valence-electron chi connectivity index (χ0n) is 7.40. The van der Waals surface area contributed by atoms with Gasteiger partial charge in [-0.2, -0.15) is 0 Å². The van der Waals surface area contributed by atoms with Crippen molar-refractivity contribution in [1.29, 1.82) is 0 Å². The summed E-state index contributed by atoms with van der Waals surface area (Å²) in [5.74, 6) is 0.555. The van der Waals surface area contributed by atoms with Gasteiger partial charge in [-0.1, -0.05) is 11.6 Å². The van der Waals surface area contributed by atoms with Crippen LogP contribution in [-0.4, -0.2) is 25.6 Å². The van der Waals surface area contributed by atoms with E-state index in [1.54, 1.807) is 18.2 Å². The molecule has 0 saturated carbocycles. The summed E-state index contributed by atoms with van der Waals surface area (Å²) in [6.07, 6.45) is 0.916. The molecule has 0 radical (unpaired) electrons. The first-order valence-corrected chi connectivity index (χ1v) is 4.66. The van der Waals surface area contributed by atoms with Crippen LogP contribution in [0.5, 0.6) is 5.75 Å². The number of ether oxygens (including phenoxy) is 2. The predicted molar refractivity (Wildman–Crippen MR) is 52.1 cm³/mol. The molecule has 1 unspecified atom stereocenters. The Bertz CT molecular complexity index is 347. The number of hydrogen-bond acceptors (Lipinski definition) is 3.